The zero-order valence-electron chi connectivity index (χ0n) is 74.8. The molecule has 0 radical (unpaired) electrons. The summed E-state index contributed by atoms with van der Waals surface area (Å²) in [5, 5.41) is 0. The van der Waals surface area contributed by atoms with Gasteiger partial charge in [-0.1, -0.05) is 53.4 Å². The number of carbonyl (C=O) groups is 4. The summed E-state index contributed by atoms with van der Waals surface area (Å²) in [7, 11) is 0. The normalized spacial score (nSPS) is 12.4. The molecule has 0 atom stereocenters. The van der Waals surface area contributed by atoms with Crippen LogP contribution in [-0.4, -0.2) is 155 Å². The molecule has 0 amide bonds. The maximum atomic E-state index is 14.8. The number of hydrogen-bond donors (Lipinski definition) is 4. The van der Waals surface area contributed by atoms with Crippen molar-refractivity contribution in [2.45, 2.75) is 105 Å². The Morgan fingerprint density at radius 2 is 0.485 bits per heavy atom. The van der Waals surface area contributed by atoms with Gasteiger partial charge in [0.2, 0.25) is 0 Å². The molecule has 0 unspecified atom stereocenters. The van der Waals surface area contributed by atoms with Gasteiger partial charge in [-0.15, -0.1) is 0 Å². The number of aromatic amines is 4. The summed E-state index contributed by atoms with van der Waals surface area (Å²) in [6.07, 6.45) is 37.6. The number of nitrogens with zero attached hydrogens (tertiary/aromatic N) is 16. The van der Waals surface area contributed by atoms with Crippen molar-refractivity contribution < 1.29 is 57.1 Å². The van der Waals surface area contributed by atoms with Gasteiger partial charge in [-0.05, 0) is 310 Å². The number of benzene rings is 8. The van der Waals surface area contributed by atoms with Crippen LogP contribution < -0.4 is 37.9 Å². The lowest BCUT2D eigenvalue weighted by atomic mass is 9.84. The Balaban J connectivity index is 0.810. The first kappa shape index (κ1) is 90.6. The van der Waals surface area contributed by atoms with Crippen LogP contribution in [-0.2, 0) is 44.9 Å². The molecule has 8 heterocycles. The molecule has 8 aromatic carbocycles. The molecular formula is C104H92N20O12. The molecule has 8 aromatic heterocycles. The summed E-state index contributed by atoms with van der Waals surface area (Å²) in [5.41, 5.74) is 15.0. The van der Waals surface area contributed by atoms with Crippen molar-refractivity contribution in [2.75, 3.05) is 26.4 Å². The zero-order chi connectivity index (χ0) is 93.3. The van der Waals surface area contributed by atoms with Gasteiger partial charge in [0.05, 0.1) is 51.7 Å². The van der Waals surface area contributed by atoms with Crippen molar-refractivity contribution in [3.63, 3.8) is 0 Å². The fraction of sp³-hybridized carbons (Fsp3) is 0.192. The van der Waals surface area contributed by atoms with Gasteiger partial charge >= 0.3 is 23.9 Å². The quantitative estimate of drug-likeness (QED) is 0.00931. The van der Waals surface area contributed by atoms with E-state index in [1.807, 2.05) is 48.5 Å². The van der Waals surface area contributed by atoms with Gasteiger partial charge in [-0.2, -0.15) is 0 Å². The molecule has 0 saturated heterocycles. The first-order valence-electron chi connectivity index (χ1n) is 44.6. The van der Waals surface area contributed by atoms with E-state index >= 15 is 0 Å². The van der Waals surface area contributed by atoms with Crippen molar-refractivity contribution in [2.24, 2.45) is 20.0 Å². The average Bonchev–Trinajstić information content (AvgIpc) is 1.40. The lowest BCUT2D eigenvalue weighted by Gasteiger charge is -2.23. The summed E-state index contributed by atoms with van der Waals surface area (Å²) < 4.78 is 51.9. The monoisotopic (exact) mass is 1810 g/mol. The highest BCUT2D eigenvalue weighted by Crippen LogP contribution is 2.40. The van der Waals surface area contributed by atoms with Crippen LogP contribution in [0.15, 0.2) is 240 Å². The lowest BCUT2D eigenvalue weighted by Crippen LogP contribution is -2.10. The number of H-pyrrole nitrogens is 4. The second kappa shape index (κ2) is 44.1. The highest BCUT2D eigenvalue weighted by Gasteiger charge is 2.25. The molecule has 0 aliphatic heterocycles. The summed E-state index contributed by atoms with van der Waals surface area (Å²) >= 11 is 0. The minimum Gasteiger partial charge on any atom is -0.494 e. The second-order valence-corrected chi connectivity index (χ2v) is 31.7. The first-order chi connectivity index (χ1) is 66.8. The van der Waals surface area contributed by atoms with Gasteiger partial charge < -0.3 is 57.8 Å². The molecule has 32 nitrogen and oxygen atoms in total. The number of esters is 4. The maximum Gasteiger partial charge on any atom is 0.336 e. The second-order valence-electron chi connectivity index (χ2n) is 31.7. The predicted octanol–water partition coefficient (Wildman–Crippen LogP) is 19.2. The number of unbranched alkanes of at least 4 members (excludes halogenated alkanes) is 4. The molecule has 16 aromatic rings. The highest BCUT2D eigenvalue weighted by atomic mass is 16.5. The largest absolute Gasteiger partial charge is 0.494 e. The Hall–Kier alpha value is -17.3. The Morgan fingerprint density at radius 1 is 0.279 bits per heavy atom. The molecule has 136 heavy (non-hydrogen) atoms. The predicted molar refractivity (Wildman–Crippen MR) is 519 cm³/mol. The number of aliphatic imine (C=N–C) groups is 4. The van der Waals surface area contributed by atoms with E-state index in [0.29, 0.717) is 206 Å². The van der Waals surface area contributed by atoms with Crippen LogP contribution in [0.2, 0.25) is 0 Å². The molecule has 8 bridgehead atoms. The van der Waals surface area contributed by atoms with Crippen molar-refractivity contribution in [1.29, 1.82) is 0 Å². The van der Waals surface area contributed by atoms with Crippen LogP contribution in [0.5, 0.6) is 46.0 Å². The minimum atomic E-state index is -0.691. The highest BCUT2D eigenvalue weighted by molar-refractivity contribution is 5.96. The number of imidazole rings is 4. The van der Waals surface area contributed by atoms with Crippen LogP contribution in [0, 0.1) is 0 Å². The van der Waals surface area contributed by atoms with E-state index in [1.54, 1.807) is 146 Å². The summed E-state index contributed by atoms with van der Waals surface area (Å²) in [4.78, 5) is 141. The first-order valence-corrected chi connectivity index (χ1v) is 44.6. The SMILES string of the molecule is CCCCOc1cc2c(C=CC(=O)Oc3ccc(C=Nc4ncnc5[nH]cnc45)cc3)c(c1)Cc1cc(OCCCC)cc(c1/C=C\C(=O)Oc1ccc(C=Nc3ncnc4[nH]cnc34)cc1)Cc1cc(OCCCC)cc(c1/C=C\C(=O)Oc1ccc(C=Nc3ncnc4[nH]cnc34)cc1)Cc1cc(OCCCC)cc(c1C=CC(=O)Oc1ccc(C=Nc3ncnc4[nH]cnc34)cc1)C2. The minimum absolute atomic E-state index is 0.120. The van der Waals surface area contributed by atoms with Gasteiger partial charge in [0.1, 0.15) is 71.3 Å². The molecule has 0 fully saturated rings. The number of carbonyl (C=O) groups excluding carboxylic acids is 4. The van der Waals surface area contributed by atoms with Crippen molar-refractivity contribution >= 4 is 141 Å². The molecular weight excluding hydrogens is 1720 g/mol. The standard InChI is InChI=1S/C104H92N20O12/c1-5-9-37-129-81-45-69-41-71-47-82(130-38-10-6-2)49-73(86(71)30-34-90(126)134-78-23-15-66(16-24-78)54-106-98-94-102(114-58-110-94)122-62-118-98)43-75-51-84(132-40-12-8-4)52-76(88(75)32-36-92(128)136-80-27-19-68(20-28-80)56-108-100-96-104(116-60-112-96)124-64-120-100)44-74-50-83(131-39-11-7-3)48-72(87(74)31-35-91(127)135-79-25-17-67(18-26-79)55-107-99-95-103(115-59-111-95)123-63-119-99)42-70(46-81)85(69)29-33-89(125)133-77-21-13-65(14-22-77)53-105-97-93-101(113-57-109-93)121-61-117-97/h13-36,45-64H,5-12,37-44H2,1-4H3,(H,109,113,117,121)(H,110,114,118,122)(H,111,115,119,123)(H,112,116,120,124)/b33-29-,34-30-,35-31?,36-32?,105-53?,106-54?,107-55?,108-56?. The van der Waals surface area contributed by atoms with Gasteiger partial charge in [-0.3, -0.25) is 0 Å². The van der Waals surface area contributed by atoms with E-state index in [0.717, 1.165) is 51.4 Å². The lowest BCUT2D eigenvalue weighted by molar-refractivity contribution is -0.129. The fourth-order valence-electron chi connectivity index (χ4n) is 15.1. The van der Waals surface area contributed by atoms with Crippen LogP contribution in [0.1, 0.15) is 168 Å². The topological polar surface area (TPSA) is 409 Å². The Bertz CT molecular complexity index is 6330. The van der Waals surface area contributed by atoms with Crippen LogP contribution in [0.3, 0.4) is 0 Å². The van der Waals surface area contributed by atoms with Crippen molar-refractivity contribution in [3.8, 4) is 46.0 Å². The molecule has 0 spiro atoms. The summed E-state index contributed by atoms with van der Waals surface area (Å²) in [6.45, 7) is 9.83. The van der Waals surface area contributed by atoms with Crippen LogP contribution >= 0.6 is 0 Å². The smallest absolute Gasteiger partial charge is 0.336 e. The van der Waals surface area contributed by atoms with Gasteiger partial charge in [0.25, 0.3) is 0 Å². The fourth-order valence-corrected chi connectivity index (χ4v) is 15.1. The molecule has 4 N–H and O–H groups in total. The van der Waals surface area contributed by atoms with Gasteiger partial charge in [0.15, 0.2) is 67.9 Å². The van der Waals surface area contributed by atoms with E-state index in [4.69, 9.17) is 37.9 Å². The van der Waals surface area contributed by atoms with E-state index in [-0.39, 0.29) is 48.7 Å². The Morgan fingerprint density at radius 3 is 0.684 bits per heavy atom. The molecule has 17 rings (SSSR count). The third kappa shape index (κ3) is 23.3. The average molecular weight is 1810 g/mol. The van der Waals surface area contributed by atoms with E-state index < -0.39 is 23.9 Å². The van der Waals surface area contributed by atoms with Crippen LogP contribution in [0.4, 0.5) is 23.3 Å². The Kier molecular flexibility index (Phi) is 29.4. The number of ether oxygens (including phenoxy) is 8. The Labute approximate surface area is 780 Å². The maximum absolute atomic E-state index is 14.8. The molecule has 1 aliphatic rings. The number of nitrogens with one attached hydrogen (secondary N) is 4. The number of aromatic nitrogens is 16. The van der Waals surface area contributed by atoms with Crippen LogP contribution in [0.25, 0.3) is 69.0 Å². The third-order valence-corrected chi connectivity index (χ3v) is 22.0. The van der Waals surface area contributed by atoms with E-state index in [1.165, 1.54) is 74.9 Å². The zero-order valence-corrected chi connectivity index (χ0v) is 74.8. The van der Waals surface area contributed by atoms with Gasteiger partial charge in [-0.25, -0.2) is 99.0 Å². The number of hydrogen-bond acceptors (Lipinski definition) is 28. The molecule has 0 saturated carbocycles. The number of fused-ring (bicyclic) bond motifs is 12. The summed E-state index contributed by atoms with van der Waals surface area (Å²) in [6, 6.07) is 43.4. The van der Waals surface area contributed by atoms with E-state index in [9.17, 15) is 19.2 Å². The van der Waals surface area contributed by atoms with E-state index in [2.05, 4.69) is 127 Å². The molecule has 32 heteroatoms. The third-order valence-electron chi connectivity index (χ3n) is 22.0. The number of rotatable bonds is 36. The summed E-state index contributed by atoms with van der Waals surface area (Å²) in [5.74, 6) is 1.90. The van der Waals surface area contributed by atoms with Crippen molar-refractivity contribution in [3.05, 3.63) is 310 Å². The van der Waals surface area contributed by atoms with Crippen molar-refractivity contribution in [1.82, 2.24) is 79.7 Å². The molecule has 1 aliphatic carbocycles. The molecule has 680 valence electrons. The van der Waals surface area contributed by atoms with Gasteiger partial charge in [0, 0.05) is 49.2 Å².